The van der Waals surface area contributed by atoms with Gasteiger partial charge in [0.2, 0.25) is 0 Å². The zero-order valence-electron chi connectivity index (χ0n) is 9.70. The summed E-state index contributed by atoms with van der Waals surface area (Å²) in [6, 6.07) is 8.64. The maximum atomic E-state index is 12.0. The van der Waals surface area contributed by atoms with Crippen LogP contribution in [0.2, 0.25) is 0 Å². The molecule has 0 atom stereocenters. The molecule has 18 heavy (non-hydrogen) atoms. The first-order valence-corrected chi connectivity index (χ1v) is 7.65. The smallest absolute Gasteiger partial charge is 0.200 e. The molecule has 1 N–H and O–H groups in total. The summed E-state index contributed by atoms with van der Waals surface area (Å²) in [4.78, 5) is 2.44. The lowest BCUT2D eigenvalue weighted by atomic mass is 10.2. The zero-order chi connectivity index (χ0) is 13.0. The van der Waals surface area contributed by atoms with Gasteiger partial charge < -0.3 is 0 Å². The van der Waals surface area contributed by atoms with Crippen LogP contribution in [0.4, 0.5) is 0 Å². The van der Waals surface area contributed by atoms with Gasteiger partial charge in [0.25, 0.3) is 10.0 Å². The molecule has 1 aromatic carbocycles. The second-order valence-electron chi connectivity index (χ2n) is 3.68. The Hall–Kier alpha value is -1.66. The summed E-state index contributed by atoms with van der Waals surface area (Å²) < 4.78 is 23.9. The van der Waals surface area contributed by atoms with Crippen molar-refractivity contribution in [2.75, 3.05) is 0 Å². The van der Waals surface area contributed by atoms with E-state index >= 15 is 0 Å². The first-order valence-electron chi connectivity index (χ1n) is 5.22. The Bertz CT molecular complexity index is 646. The van der Waals surface area contributed by atoms with Crippen LogP contribution < -0.4 is 4.83 Å². The largest absolute Gasteiger partial charge is 0.276 e. The lowest BCUT2D eigenvalue weighted by Crippen LogP contribution is -2.19. The Morgan fingerprint density at radius 2 is 2.06 bits per heavy atom. The first-order chi connectivity index (χ1) is 8.59. The van der Waals surface area contributed by atoms with Gasteiger partial charge in [0, 0.05) is 5.56 Å². The summed E-state index contributed by atoms with van der Waals surface area (Å²) in [7, 11) is -3.59. The highest BCUT2D eigenvalue weighted by Gasteiger charge is 2.14. The minimum absolute atomic E-state index is 0.243. The monoisotopic (exact) mass is 280 g/mol. The third-order valence-corrected chi connectivity index (χ3v) is 4.40. The van der Waals surface area contributed by atoms with Crippen molar-refractivity contribution in [3.8, 4) is 0 Å². The third kappa shape index (κ3) is 2.96. The zero-order valence-corrected chi connectivity index (χ0v) is 11.3. The molecule has 0 amide bonds. The average molecular weight is 280 g/mol. The quantitative estimate of drug-likeness (QED) is 0.690. The molecule has 2 rings (SSSR count). The molecule has 0 bridgehead atoms. The molecule has 0 radical (unpaired) electrons. The Balaban J connectivity index is 2.16. The fourth-order valence-corrected chi connectivity index (χ4v) is 3.08. The van der Waals surface area contributed by atoms with Gasteiger partial charge in [0.1, 0.15) is 0 Å². The van der Waals surface area contributed by atoms with Crippen LogP contribution in [0.1, 0.15) is 11.1 Å². The second kappa shape index (κ2) is 5.32. The molecule has 0 aliphatic carbocycles. The van der Waals surface area contributed by atoms with Crippen LogP contribution in [-0.2, 0) is 10.0 Å². The molecule has 1 aromatic heterocycles. The fraction of sp³-hybridized carbons (Fsp3) is 0.0833. The fourth-order valence-electron chi connectivity index (χ4n) is 1.43. The molecule has 2 aromatic rings. The molecular weight excluding hydrogens is 268 g/mol. The standard InChI is InChI=1S/C12H12N2O2S2/c1-10-4-2-3-5-12(10)18(15,16)14-13-8-11-6-7-17-9-11/h2-9,14H,1H3. The molecule has 94 valence electrons. The van der Waals surface area contributed by atoms with E-state index in [1.165, 1.54) is 17.6 Å². The number of hydrogen-bond donors (Lipinski definition) is 1. The number of sulfonamides is 1. The maximum absolute atomic E-state index is 12.0. The number of nitrogens with one attached hydrogen (secondary N) is 1. The molecule has 0 saturated heterocycles. The summed E-state index contributed by atoms with van der Waals surface area (Å²) >= 11 is 1.53. The minimum Gasteiger partial charge on any atom is -0.200 e. The van der Waals surface area contributed by atoms with Crippen LogP contribution >= 0.6 is 11.3 Å². The normalized spacial score (nSPS) is 11.8. The number of aryl methyl sites for hydroxylation is 1. The lowest BCUT2D eigenvalue weighted by molar-refractivity contribution is 0.584. The van der Waals surface area contributed by atoms with Crippen LogP contribution in [-0.4, -0.2) is 14.6 Å². The second-order valence-corrected chi connectivity index (χ2v) is 6.08. The van der Waals surface area contributed by atoms with E-state index < -0.39 is 10.0 Å². The van der Waals surface area contributed by atoms with Crippen molar-refractivity contribution in [2.24, 2.45) is 5.10 Å². The number of thiophene rings is 1. The van der Waals surface area contributed by atoms with Gasteiger partial charge in [-0.3, -0.25) is 0 Å². The van der Waals surface area contributed by atoms with E-state index in [4.69, 9.17) is 0 Å². The Labute approximate surface area is 110 Å². The van der Waals surface area contributed by atoms with Crippen molar-refractivity contribution >= 4 is 27.6 Å². The summed E-state index contributed by atoms with van der Waals surface area (Å²) in [6.45, 7) is 1.75. The van der Waals surface area contributed by atoms with E-state index in [-0.39, 0.29) is 4.90 Å². The molecule has 0 fully saturated rings. The maximum Gasteiger partial charge on any atom is 0.276 e. The lowest BCUT2D eigenvalue weighted by Gasteiger charge is -2.05. The minimum atomic E-state index is -3.59. The number of nitrogens with zero attached hydrogens (tertiary/aromatic N) is 1. The molecular formula is C12H12N2O2S2. The van der Waals surface area contributed by atoms with E-state index in [9.17, 15) is 8.42 Å². The number of hydrogen-bond acceptors (Lipinski definition) is 4. The highest BCUT2D eigenvalue weighted by Crippen LogP contribution is 2.13. The van der Waals surface area contributed by atoms with Crippen LogP contribution in [0.15, 0.2) is 51.1 Å². The highest BCUT2D eigenvalue weighted by molar-refractivity contribution is 7.89. The average Bonchev–Trinajstić information content (AvgIpc) is 2.82. The van der Waals surface area contributed by atoms with E-state index in [0.717, 1.165) is 5.56 Å². The third-order valence-electron chi connectivity index (χ3n) is 2.31. The predicted octanol–water partition coefficient (Wildman–Crippen LogP) is 2.37. The Morgan fingerprint density at radius 1 is 1.28 bits per heavy atom. The van der Waals surface area contributed by atoms with Crippen molar-refractivity contribution in [1.82, 2.24) is 4.83 Å². The van der Waals surface area contributed by atoms with Crippen molar-refractivity contribution < 1.29 is 8.42 Å². The summed E-state index contributed by atoms with van der Waals surface area (Å²) in [5.41, 5.74) is 1.56. The molecule has 0 spiro atoms. The van der Waals surface area contributed by atoms with E-state index in [2.05, 4.69) is 9.93 Å². The molecule has 0 aliphatic heterocycles. The van der Waals surface area contributed by atoms with Crippen molar-refractivity contribution in [3.05, 3.63) is 52.2 Å². The van der Waals surface area contributed by atoms with Crippen LogP contribution in [0.5, 0.6) is 0 Å². The highest BCUT2D eigenvalue weighted by atomic mass is 32.2. The molecule has 1 heterocycles. The number of rotatable bonds is 4. The van der Waals surface area contributed by atoms with E-state index in [0.29, 0.717) is 5.56 Å². The van der Waals surface area contributed by atoms with Crippen molar-refractivity contribution in [1.29, 1.82) is 0 Å². The Kier molecular flexibility index (Phi) is 3.78. The summed E-state index contributed by atoms with van der Waals surface area (Å²) in [5, 5.41) is 7.53. The number of hydrazone groups is 1. The Morgan fingerprint density at radius 3 is 2.72 bits per heavy atom. The van der Waals surface area contributed by atoms with Gasteiger partial charge in [0.05, 0.1) is 11.1 Å². The van der Waals surface area contributed by atoms with Crippen LogP contribution in [0.25, 0.3) is 0 Å². The molecule has 4 nitrogen and oxygen atoms in total. The van der Waals surface area contributed by atoms with Gasteiger partial charge in [-0.15, -0.1) is 0 Å². The van der Waals surface area contributed by atoms with Gasteiger partial charge in [-0.2, -0.15) is 24.9 Å². The SMILES string of the molecule is Cc1ccccc1S(=O)(=O)NN=Cc1ccsc1. The van der Waals surface area contributed by atoms with Crippen LogP contribution in [0.3, 0.4) is 0 Å². The van der Waals surface area contributed by atoms with E-state index in [1.807, 2.05) is 16.8 Å². The molecule has 0 unspecified atom stereocenters. The van der Waals surface area contributed by atoms with Gasteiger partial charge in [0.15, 0.2) is 0 Å². The predicted molar refractivity (Wildman–Crippen MR) is 73.4 cm³/mol. The van der Waals surface area contributed by atoms with Crippen molar-refractivity contribution in [3.63, 3.8) is 0 Å². The van der Waals surface area contributed by atoms with Crippen LogP contribution in [0, 0.1) is 6.92 Å². The molecule has 6 heteroatoms. The number of benzene rings is 1. The van der Waals surface area contributed by atoms with Gasteiger partial charge >= 0.3 is 0 Å². The van der Waals surface area contributed by atoms with Gasteiger partial charge in [-0.05, 0) is 35.4 Å². The van der Waals surface area contributed by atoms with Gasteiger partial charge in [-0.25, -0.2) is 4.83 Å². The molecule has 0 aliphatic rings. The summed E-state index contributed by atoms with van der Waals surface area (Å²) in [5.74, 6) is 0. The van der Waals surface area contributed by atoms with Gasteiger partial charge in [-0.1, -0.05) is 18.2 Å². The first kappa shape index (κ1) is 12.8. The topological polar surface area (TPSA) is 58.5 Å². The summed E-state index contributed by atoms with van der Waals surface area (Å²) in [6.07, 6.45) is 1.48. The van der Waals surface area contributed by atoms with E-state index in [1.54, 1.807) is 31.2 Å². The molecule has 0 saturated carbocycles. The van der Waals surface area contributed by atoms with Crippen molar-refractivity contribution in [2.45, 2.75) is 11.8 Å².